The maximum absolute atomic E-state index is 6.42. The Kier molecular flexibility index (Phi) is 6.67. The van der Waals surface area contributed by atoms with E-state index in [-0.39, 0.29) is 0 Å². The molecule has 0 radical (unpaired) electrons. The second-order valence-electron chi connectivity index (χ2n) is 5.66. The number of rotatable bonds is 7. The highest BCUT2D eigenvalue weighted by atomic mass is 35.5. The van der Waals surface area contributed by atoms with E-state index >= 15 is 0 Å². The molecule has 0 aliphatic heterocycles. The molecule has 0 bridgehead atoms. The van der Waals surface area contributed by atoms with Crippen molar-refractivity contribution in [3.63, 3.8) is 0 Å². The first-order valence-corrected chi connectivity index (χ1v) is 7.57. The average molecular weight is 283 g/mol. The highest BCUT2D eigenvalue weighted by Gasteiger charge is 2.11. The van der Waals surface area contributed by atoms with Crippen molar-refractivity contribution in [2.24, 2.45) is 5.92 Å². The van der Waals surface area contributed by atoms with Crippen molar-refractivity contribution < 1.29 is 0 Å². The number of anilines is 1. The van der Waals surface area contributed by atoms with Gasteiger partial charge in [0.05, 0.1) is 10.7 Å². The number of nitrogens with one attached hydrogen (secondary N) is 1. The molecule has 0 aliphatic rings. The molecule has 1 aromatic carbocycles. The van der Waals surface area contributed by atoms with Crippen molar-refractivity contribution in [3.8, 4) is 0 Å². The van der Waals surface area contributed by atoms with Crippen molar-refractivity contribution in [2.45, 2.75) is 40.2 Å². The number of hydrogen-bond donors (Lipinski definition) is 1. The summed E-state index contributed by atoms with van der Waals surface area (Å²) in [4.78, 5) is 2.22. The van der Waals surface area contributed by atoms with Crippen molar-refractivity contribution in [3.05, 3.63) is 28.8 Å². The lowest BCUT2D eigenvalue weighted by molar-refractivity contribution is 0.570. The van der Waals surface area contributed by atoms with Crippen molar-refractivity contribution in [2.75, 3.05) is 25.0 Å². The van der Waals surface area contributed by atoms with E-state index in [0.717, 1.165) is 30.2 Å². The maximum Gasteiger partial charge on any atom is 0.0642 e. The van der Waals surface area contributed by atoms with Crippen molar-refractivity contribution >= 4 is 17.3 Å². The molecular weight excluding hydrogens is 256 g/mol. The summed E-state index contributed by atoms with van der Waals surface area (Å²) in [5.74, 6) is 0.630. The molecule has 19 heavy (non-hydrogen) atoms. The van der Waals surface area contributed by atoms with Crippen LogP contribution in [0.2, 0.25) is 5.02 Å². The Labute approximate surface area is 123 Å². The lowest BCUT2D eigenvalue weighted by Gasteiger charge is -2.24. The SMILES string of the molecule is CCCNC(C)c1ccc(N(C)CC(C)C)c(Cl)c1. The molecular formula is C16H27ClN2. The molecule has 1 aromatic rings. The van der Waals surface area contributed by atoms with Crippen LogP contribution in [0, 0.1) is 5.92 Å². The van der Waals surface area contributed by atoms with E-state index in [1.807, 2.05) is 0 Å². The fourth-order valence-electron chi connectivity index (χ4n) is 2.23. The Balaban J connectivity index is 2.79. The molecule has 0 heterocycles. The summed E-state index contributed by atoms with van der Waals surface area (Å²) >= 11 is 6.42. The van der Waals surface area contributed by atoms with Crippen molar-refractivity contribution in [1.82, 2.24) is 5.32 Å². The summed E-state index contributed by atoms with van der Waals surface area (Å²) in [6.45, 7) is 10.8. The molecule has 0 aromatic heterocycles. The van der Waals surface area contributed by atoms with Crippen LogP contribution in [0.3, 0.4) is 0 Å². The standard InChI is InChI=1S/C16H27ClN2/c1-6-9-18-13(4)14-7-8-16(15(17)10-14)19(5)11-12(2)3/h7-8,10,12-13,18H,6,9,11H2,1-5H3. The molecule has 2 nitrogen and oxygen atoms in total. The summed E-state index contributed by atoms with van der Waals surface area (Å²) < 4.78 is 0. The van der Waals surface area contributed by atoms with E-state index in [9.17, 15) is 0 Å². The van der Waals surface area contributed by atoms with Crippen LogP contribution in [-0.4, -0.2) is 20.1 Å². The van der Waals surface area contributed by atoms with Gasteiger partial charge in [0.15, 0.2) is 0 Å². The van der Waals surface area contributed by atoms with Gasteiger partial charge in [0.2, 0.25) is 0 Å². The molecule has 1 rings (SSSR count). The highest BCUT2D eigenvalue weighted by Crippen LogP contribution is 2.28. The number of benzene rings is 1. The fourth-order valence-corrected chi connectivity index (χ4v) is 2.56. The first-order valence-electron chi connectivity index (χ1n) is 7.19. The Bertz CT molecular complexity index is 390. The predicted molar refractivity (Wildman–Crippen MR) is 86.3 cm³/mol. The third kappa shape index (κ3) is 5.04. The topological polar surface area (TPSA) is 15.3 Å². The minimum Gasteiger partial charge on any atom is -0.373 e. The van der Waals surface area contributed by atoms with Gasteiger partial charge in [-0.1, -0.05) is 38.4 Å². The molecule has 0 aliphatic carbocycles. The van der Waals surface area contributed by atoms with Crippen molar-refractivity contribution in [1.29, 1.82) is 0 Å². The quantitative estimate of drug-likeness (QED) is 0.792. The largest absolute Gasteiger partial charge is 0.373 e. The summed E-state index contributed by atoms with van der Waals surface area (Å²) in [6.07, 6.45) is 1.15. The van der Waals surface area contributed by atoms with Crippen LogP contribution in [0.15, 0.2) is 18.2 Å². The third-order valence-electron chi connectivity index (χ3n) is 3.22. The third-order valence-corrected chi connectivity index (χ3v) is 3.53. The van der Waals surface area contributed by atoms with E-state index < -0.39 is 0 Å². The highest BCUT2D eigenvalue weighted by molar-refractivity contribution is 6.33. The van der Waals surface area contributed by atoms with E-state index in [4.69, 9.17) is 11.6 Å². The van der Waals surface area contributed by atoms with Gasteiger partial charge in [0.25, 0.3) is 0 Å². The van der Waals surface area contributed by atoms with E-state index in [1.165, 1.54) is 5.56 Å². The lowest BCUT2D eigenvalue weighted by atomic mass is 10.1. The zero-order chi connectivity index (χ0) is 14.4. The van der Waals surface area contributed by atoms with Gasteiger partial charge in [0.1, 0.15) is 0 Å². The Morgan fingerprint density at radius 1 is 1.26 bits per heavy atom. The minimum absolute atomic E-state index is 0.349. The molecule has 0 amide bonds. The number of hydrogen-bond acceptors (Lipinski definition) is 2. The molecule has 0 fully saturated rings. The van der Waals surface area contributed by atoms with E-state index in [2.05, 4.69) is 63.2 Å². The fraction of sp³-hybridized carbons (Fsp3) is 0.625. The molecule has 0 spiro atoms. The van der Waals surface area contributed by atoms with Crippen LogP contribution in [-0.2, 0) is 0 Å². The van der Waals surface area contributed by atoms with E-state index in [0.29, 0.717) is 12.0 Å². The average Bonchev–Trinajstić information content (AvgIpc) is 2.34. The van der Waals surface area contributed by atoms with Gasteiger partial charge < -0.3 is 10.2 Å². The molecule has 0 saturated carbocycles. The van der Waals surface area contributed by atoms with Gasteiger partial charge in [0, 0.05) is 19.6 Å². The molecule has 1 N–H and O–H groups in total. The van der Waals surface area contributed by atoms with Crippen LogP contribution in [0.25, 0.3) is 0 Å². The summed E-state index contributed by atoms with van der Waals surface area (Å²) in [5, 5.41) is 4.32. The lowest BCUT2D eigenvalue weighted by Crippen LogP contribution is -2.23. The Morgan fingerprint density at radius 3 is 2.47 bits per heavy atom. The predicted octanol–water partition coefficient (Wildman–Crippen LogP) is 4.49. The first kappa shape index (κ1) is 16.3. The van der Waals surface area contributed by atoms with Crippen LogP contribution in [0.4, 0.5) is 5.69 Å². The van der Waals surface area contributed by atoms with Gasteiger partial charge in [-0.25, -0.2) is 0 Å². The minimum atomic E-state index is 0.349. The molecule has 108 valence electrons. The summed E-state index contributed by atoms with van der Waals surface area (Å²) in [7, 11) is 2.10. The second kappa shape index (κ2) is 7.76. The van der Waals surface area contributed by atoms with Gasteiger partial charge in [-0.05, 0) is 43.5 Å². The molecule has 0 saturated heterocycles. The van der Waals surface area contributed by atoms with Gasteiger partial charge in [-0.3, -0.25) is 0 Å². The molecule has 3 heteroatoms. The second-order valence-corrected chi connectivity index (χ2v) is 6.07. The number of halogens is 1. The Morgan fingerprint density at radius 2 is 1.95 bits per heavy atom. The maximum atomic E-state index is 6.42. The first-order chi connectivity index (χ1) is 8.95. The van der Waals surface area contributed by atoms with Gasteiger partial charge in [-0.2, -0.15) is 0 Å². The van der Waals surface area contributed by atoms with Crippen LogP contribution < -0.4 is 10.2 Å². The summed E-state index contributed by atoms with van der Waals surface area (Å²) in [5.41, 5.74) is 2.36. The monoisotopic (exact) mass is 282 g/mol. The summed E-state index contributed by atoms with van der Waals surface area (Å²) in [6, 6.07) is 6.73. The molecule has 1 unspecified atom stereocenters. The van der Waals surface area contributed by atoms with Crippen LogP contribution in [0.1, 0.15) is 45.7 Å². The van der Waals surface area contributed by atoms with Crippen LogP contribution in [0.5, 0.6) is 0 Å². The van der Waals surface area contributed by atoms with Gasteiger partial charge >= 0.3 is 0 Å². The zero-order valence-corrected chi connectivity index (χ0v) is 13.6. The van der Waals surface area contributed by atoms with Crippen LogP contribution >= 0.6 is 11.6 Å². The molecule has 1 atom stereocenters. The Hall–Kier alpha value is -0.730. The van der Waals surface area contributed by atoms with E-state index in [1.54, 1.807) is 0 Å². The normalized spacial score (nSPS) is 12.8. The zero-order valence-electron chi connectivity index (χ0n) is 12.8. The smallest absolute Gasteiger partial charge is 0.0642 e. The number of nitrogens with zero attached hydrogens (tertiary/aromatic N) is 1. The van der Waals surface area contributed by atoms with Gasteiger partial charge in [-0.15, -0.1) is 0 Å².